The number of rotatable bonds is 6. The van der Waals surface area contributed by atoms with E-state index in [1.807, 2.05) is 6.92 Å². The normalized spacial score (nSPS) is 17.1. The lowest BCUT2D eigenvalue weighted by molar-refractivity contribution is -0.138. The van der Waals surface area contributed by atoms with Crippen molar-refractivity contribution in [2.24, 2.45) is 0 Å². The van der Waals surface area contributed by atoms with E-state index in [1.165, 1.54) is 0 Å². The smallest absolute Gasteiger partial charge is 0.305 e. The number of hydrogen-bond donors (Lipinski definition) is 2. The topological polar surface area (TPSA) is 84.2 Å². The van der Waals surface area contributed by atoms with Crippen LogP contribution in [0.15, 0.2) is 17.2 Å². The van der Waals surface area contributed by atoms with Crippen LogP contribution in [0.1, 0.15) is 45.4 Å². The first kappa shape index (κ1) is 14.6. The van der Waals surface area contributed by atoms with Crippen molar-refractivity contribution in [3.8, 4) is 0 Å². The zero-order valence-corrected chi connectivity index (χ0v) is 11.8. The quantitative estimate of drug-likeness (QED) is 0.830. The summed E-state index contributed by atoms with van der Waals surface area (Å²) in [7, 11) is 0. The first-order valence-corrected chi connectivity index (χ1v) is 7.12. The summed E-state index contributed by atoms with van der Waals surface area (Å²) < 4.78 is 1.61. The molecule has 0 saturated heterocycles. The highest BCUT2D eigenvalue weighted by atomic mass is 16.4. The molecule has 2 rings (SSSR count). The maximum absolute atomic E-state index is 12.3. The van der Waals surface area contributed by atoms with E-state index in [4.69, 9.17) is 5.11 Å². The molecule has 0 spiro atoms. The molecule has 6 nitrogen and oxygen atoms in total. The highest BCUT2D eigenvalue weighted by Gasteiger charge is 2.36. The second kappa shape index (κ2) is 6.07. The highest BCUT2D eigenvalue weighted by Crippen LogP contribution is 2.34. The molecule has 0 radical (unpaired) electrons. The molecule has 2 N–H and O–H groups in total. The summed E-state index contributed by atoms with van der Waals surface area (Å²) in [6, 6.07) is 0. The lowest BCUT2D eigenvalue weighted by Crippen LogP contribution is -2.40. The molecular weight excluding hydrogens is 258 g/mol. The molecule has 0 bridgehead atoms. The predicted molar refractivity (Wildman–Crippen MR) is 75.9 cm³/mol. The minimum atomic E-state index is -0.843. The highest BCUT2D eigenvalue weighted by molar-refractivity contribution is 5.69. The minimum absolute atomic E-state index is 0.0246. The fourth-order valence-electron chi connectivity index (χ4n) is 2.89. The van der Waals surface area contributed by atoms with E-state index in [0.717, 1.165) is 32.1 Å². The molecule has 0 aromatic carbocycles. The zero-order chi connectivity index (χ0) is 14.6. The third-order valence-corrected chi connectivity index (χ3v) is 3.81. The summed E-state index contributed by atoms with van der Waals surface area (Å²) in [5.74, 6) is -0.576. The van der Waals surface area contributed by atoms with Gasteiger partial charge < -0.3 is 15.0 Å². The van der Waals surface area contributed by atoms with Crippen LogP contribution < -0.4 is 10.9 Å². The molecule has 0 unspecified atom stereocenters. The van der Waals surface area contributed by atoms with Crippen molar-refractivity contribution >= 4 is 11.8 Å². The molecule has 1 aliphatic rings. The molecule has 1 aromatic rings. The van der Waals surface area contributed by atoms with Crippen molar-refractivity contribution < 1.29 is 9.90 Å². The lowest BCUT2D eigenvalue weighted by atomic mass is 9.93. The maximum Gasteiger partial charge on any atom is 0.305 e. The van der Waals surface area contributed by atoms with Gasteiger partial charge in [-0.1, -0.05) is 19.8 Å². The SMILES string of the molecule is CCCn1ccnc(NC2(CC(=O)O)CCCC2)c1=O. The fourth-order valence-corrected chi connectivity index (χ4v) is 2.89. The second-order valence-corrected chi connectivity index (χ2v) is 5.46. The Morgan fingerprint density at radius 2 is 2.20 bits per heavy atom. The summed E-state index contributed by atoms with van der Waals surface area (Å²) in [6.45, 7) is 2.64. The summed E-state index contributed by atoms with van der Waals surface area (Å²) in [5.41, 5.74) is -0.699. The van der Waals surface area contributed by atoms with Crippen LogP contribution in [0.2, 0.25) is 0 Å². The van der Waals surface area contributed by atoms with Crippen molar-refractivity contribution in [2.45, 2.75) is 57.5 Å². The van der Waals surface area contributed by atoms with Gasteiger partial charge in [0, 0.05) is 24.5 Å². The molecule has 1 fully saturated rings. The molecule has 1 heterocycles. The van der Waals surface area contributed by atoms with Gasteiger partial charge in [0.15, 0.2) is 5.82 Å². The van der Waals surface area contributed by atoms with Gasteiger partial charge in [0.2, 0.25) is 0 Å². The molecule has 20 heavy (non-hydrogen) atoms. The largest absolute Gasteiger partial charge is 0.481 e. The third-order valence-electron chi connectivity index (χ3n) is 3.81. The van der Waals surface area contributed by atoms with Gasteiger partial charge in [-0.3, -0.25) is 9.59 Å². The monoisotopic (exact) mass is 279 g/mol. The van der Waals surface area contributed by atoms with Crippen LogP contribution in [0, 0.1) is 0 Å². The summed E-state index contributed by atoms with van der Waals surface area (Å²) in [4.78, 5) is 27.4. The van der Waals surface area contributed by atoms with E-state index in [2.05, 4.69) is 10.3 Å². The number of anilines is 1. The number of carboxylic acid groups (broad SMARTS) is 1. The molecular formula is C14H21N3O3. The van der Waals surface area contributed by atoms with Crippen molar-refractivity contribution in [1.29, 1.82) is 0 Å². The van der Waals surface area contributed by atoms with Crippen molar-refractivity contribution in [2.75, 3.05) is 5.32 Å². The van der Waals surface area contributed by atoms with Crippen molar-refractivity contribution in [3.05, 3.63) is 22.7 Å². The molecule has 0 aliphatic heterocycles. The Labute approximate surface area is 117 Å². The fraction of sp³-hybridized carbons (Fsp3) is 0.643. The first-order chi connectivity index (χ1) is 9.56. The Morgan fingerprint density at radius 1 is 1.50 bits per heavy atom. The van der Waals surface area contributed by atoms with E-state index in [-0.39, 0.29) is 17.8 Å². The van der Waals surface area contributed by atoms with Crippen LogP contribution in [-0.2, 0) is 11.3 Å². The van der Waals surface area contributed by atoms with Crippen LogP contribution in [0.25, 0.3) is 0 Å². The average molecular weight is 279 g/mol. The van der Waals surface area contributed by atoms with Gasteiger partial charge in [0.25, 0.3) is 5.56 Å². The van der Waals surface area contributed by atoms with Gasteiger partial charge in [-0.05, 0) is 19.3 Å². The predicted octanol–water partition coefficient (Wildman–Crippen LogP) is 1.85. The molecule has 6 heteroatoms. The van der Waals surface area contributed by atoms with Crippen LogP contribution in [0.5, 0.6) is 0 Å². The summed E-state index contributed by atoms with van der Waals surface area (Å²) in [5, 5.41) is 12.2. The van der Waals surface area contributed by atoms with Crippen LogP contribution in [0.4, 0.5) is 5.82 Å². The third kappa shape index (κ3) is 3.18. The van der Waals surface area contributed by atoms with E-state index in [0.29, 0.717) is 6.54 Å². The van der Waals surface area contributed by atoms with Gasteiger partial charge in [-0.25, -0.2) is 4.98 Å². The molecule has 1 aromatic heterocycles. The molecule has 110 valence electrons. The number of nitrogens with one attached hydrogen (secondary N) is 1. The average Bonchev–Trinajstić information content (AvgIpc) is 2.82. The Balaban J connectivity index is 2.25. The summed E-state index contributed by atoms with van der Waals surface area (Å²) in [6.07, 6.45) is 7.64. The van der Waals surface area contributed by atoms with Crippen LogP contribution in [-0.4, -0.2) is 26.2 Å². The van der Waals surface area contributed by atoms with Gasteiger partial charge >= 0.3 is 5.97 Å². The molecule has 0 amide bonds. The number of aromatic nitrogens is 2. The zero-order valence-electron chi connectivity index (χ0n) is 11.8. The van der Waals surface area contributed by atoms with Crippen LogP contribution in [0.3, 0.4) is 0 Å². The van der Waals surface area contributed by atoms with Gasteiger partial charge in [-0.2, -0.15) is 0 Å². The Bertz CT molecular complexity index is 533. The van der Waals surface area contributed by atoms with Crippen molar-refractivity contribution in [3.63, 3.8) is 0 Å². The van der Waals surface area contributed by atoms with Gasteiger partial charge in [0.1, 0.15) is 0 Å². The summed E-state index contributed by atoms with van der Waals surface area (Å²) >= 11 is 0. The Morgan fingerprint density at radius 3 is 2.80 bits per heavy atom. The second-order valence-electron chi connectivity index (χ2n) is 5.46. The number of aryl methyl sites for hydroxylation is 1. The van der Waals surface area contributed by atoms with E-state index in [1.54, 1.807) is 17.0 Å². The number of carboxylic acids is 1. The molecule has 1 aliphatic carbocycles. The maximum atomic E-state index is 12.3. The van der Waals surface area contributed by atoms with E-state index < -0.39 is 11.5 Å². The lowest BCUT2D eigenvalue weighted by Gasteiger charge is -2.29. The molecule has 1 saturated carbocycles. The van der Waals surface area contributed by atoms with Crippen LogP contribution >= 0.6 is 0 Å². The minimum Gasteiger partial charge on any atom is -0.481 e. The van der Waals surface area contributed by atoms with E-state index in [9.17, 15) is 9.59 Å². The Kier molecular flexibility index (Phi) is 4.42. The number of carbonyl (C=O) groups is 1. The standard InChI is InChI=1S/C14H21N3O3/c1-2-8-17-9-7-15-12(13(17)20)16-14(10-11(18)19)5-3-4-6-14/h7,9H,2-6,8,10H2,1H3,(H,15,16)(H,18,19). The van der Waals surface area contributed by atoms with Crippen molar-refractivity contribution in [1.82, 2.24) is 9.55 Å². The number of nitrogens with zero attached hydrogens (tertiary/aromatic N) is 2. The number of hydrogen-bond acceptors (Lipinski definition) is 4. The van der Waals surface area contributed by atoms with Gasteiger partial charge in [-0.15, -0.1) is 0 Å². The molecule has 0 atom stereocenters. The van der Waals surface area contributed by atoms with E-state index >= 15 is 0 Å². The number of aliphatic carboxylic acids is 1. The van der Waals surface area contributed by atoms with Gasteiger partial charge in [0.05, 0.1) is 6.42 Å². The first-order valence-electron chi connectivity index (χ1n) is 7.12. The Hall–Kier alpha value is -1.85.